The molecule has 0 radical (unpaired) electrons. The van der Waals surface area contributed by atoms with Crippen LogP contribution in [0.3, 0.4) is 0 Å². The van der Waals surface area contributed by atoms with E-state index in [1.807, 2.05) is 0 Å². The van der Waals surface area contributed by atoms with Gasteiger partial charge in [0.05, 0.1) is 0 Å². The summed E-state index contributed by atoms with van der Waals surface area (Å²) in [6.07, 6.45) is -8.81. The maximum absolute atomic E-state index is 10.7. The van der Waals surface area contributed by atoms with Gasteiger partial charge in [-0.05, 0) is 0 Å². The first kappa shape index (κ1) is 11.1. The monoisotopic (exact) mass is 126 g/mol. The van der Waals surface area contributed by atoms with E-state index >= 15 is 0 Å². The van der Waals surface area contributed by atoms with Crippen molar-refractivity contribution in [2.45, 2.75) is 12.5 Å². The minimum absolute atomic E-state index is 0. The van der Waals surface area contributed by atoms with E-state index in [1.54, 1.807) is 0 Å². The molecule has 0 aromatic carbocycles. The molecule has 0 saturated heterocycles. The molecule has 0 aromatic heterocycles. The van der Waals surface area contributed by atoms with Crippen LogP contribution < -0.4 is 18.9 Å². The molecule has 46 valence electrons. The number of hydrogen-bond donors (Lipinski definition) is 1. The molecule has 1 nitrogen and oxygen atoms in total. The van der Waals surface area contributed by atoms with Crippen molar-refractivity contribution < 1.29 is 43.0 Å². The first-order valence-electron chi connectivity index (χ1n) is 1.33. The van der Waals surface area contributed by atoms with Crippen LogP contribution in [0.15, 0.2) is 0 Å². The summed E-state index contributed by atoms with van der Waals surface area (Å²) in [5.74, 6) is 0. The fourth-order valence-electron chi connectivity index (χ4n) is 0. The second-order valence-corrected chi connectivity index (χ2v) is 0.888. The van der Waals surface area contributed by atoms with Crippen LogP contribution in [0.4, 0.5) is 17.6 Å². The molecular formula is C2H3F4LiO. The zero-order chi connectivity index (χ0) is 6.08. The Morgan fingerprint density at radius 2 is 1.50 bits per heavy atom. The molecule has 0 atom stereocenters. The van der Waals surface area contributed by atoms with E-state index in [4.69, 9.17) is 5.11 Å². The predicted molar refractivity (Wildman–Crippen MR) is 14.3 cm³/mol. The molecule has 0 aromatic rings. The van der Waals surface area contributed by atoms with Gasteiger partial charge in [-0.1, -0.05) is 0 Å². The van der Waals surface area contributed by atoms with Crippen molar-refractivity contribution in [3.63, 3.8) is 0 Å². The molecule has 0 aliphatic rings. The molecule has 0 amide bonds. The summed E-state index contributed by atoms with van der Waals surface area (Å²) in [5.41, 5.74) is 0. The molecule has 0 aliphatic carbocycles. The number of hydrogen-bond acceptors (Lipinski definition) is 1. The number of halogens is 4. The predicted octanol–water partition coefficient (Wildman–Crippen LogP) is -2.05. The summed E-state index contributed by atoms with van der Waals surface area (Å²) < 4.78 is 42.4. The minimum atomic E-state index is -4.83. The van der Waals surface area contributed by atoms with Crippen LogP contribution in [0.5, 0.6) is 0 Å². The molecule has 6 heteroatoms. The van der Waals surface area contributed by atoms with Gasteiger partial charge in [-0.3, -0.25) is 0 Å². The second-order valence-electron chi connectivity index (χ2n) is 0.888. The molecule has 1 N–H and O–H groups in total. The Labute approximate surface area is 56.3 Å². The van der Waals surface area contributed by atoms with E-state index < -0.39 is 12.5 Å². The van der Waals surface area contributed by atoms with E-state index in [2.05, 4.69) is 0 Å². The number of aliphatic hydroxyl groups is 1. The summed E-state index contributed by atoms with van der Waals surface area (Å²) in [6, 6.07) is 0. The fourth-order valence-corrected chi connectivity index (χ4v) is 0. The zero-order valence-corrected chi connectivity index (χ0v) is 4.04. The van der Waals surface area contributed by atoms with Gasteiger partial charge in [0.25, 0.3) is 0 Å². The van der Waals surface area contributed by atoms with Gasteiger partial charge in [0.2, 0.25) is 0 Å². The molecule has 0 aliphatic heterocycles. The fraction of sp³-hybridized carbons (Fsp3) is 1.00. The van der Waals surface area contributed by atoms with Crippen molar-refractivity contribution in [1.82, 2.24) is 0 Å². The number of rotatable bonds is 1. The van der Waals surface area contributed by atoms with E-state index in [9.17, 15) is 17.6 Å². The van der Waals surface area contributed by atoms with Crippen LogP contribution in [-0.4, -0.2) is 17.6 Å². The van der Waals surface area contributed by atoms with Crippen LogP contribution in [-0.2, 0) is 0 Å². The Hall–Kier alpha value is 0.277. The Bertz CT molecular complexity index is 64.1. The normalized spacial score (nSPS) is 11.2. The van der Waals surface area contributed by atoms with E-state index in [-0.39, 0.29) is 20.3 Å². The third-order valence-electron chi connectivity index (χ3n) is 0.263. The van der Waals surface area contributed by atoms with Crippen molar-refractivity contribution in [3.8, 4) is 0 Å². The Morgan fingerprint density at radius 3 is 1.50 bits per heavy atom. The first-order valence-corrected chi connectivity index (χ1v) is 1.33. The summed E-state index contributed by atoms with van der Waals surface area (Å²) in [5, 5.41) is 7.01. The number of alkyl halides is 4. The SMILES string of the molecule is OC(F)(F)C(F)F.[H-].[Li+]. The van der Waals surface area contributed by atoms with Crippen molar-refractivity contribution in [3.05, 3.63) is 0 Å². The second kappa shape index (κ2) is 3.33. The smallest absolute Gasteiger partial charge is 1.00 e. The molecule has 0 rings (SSSR count). The van der Waals surface area contributed by atoms with Gasteiger partial charge in [-0.25, -0.2) is 8.78 Å². The summed E-state index contributed by atoms with van der Waals surface area (Å²) in [7, 11) is 0. The Morgan fingerprint density at radius 1 is 1.38 bits per heavy atom. The van der Waals surface area contributed by atoms with Crippen LogP contribution in [0.1, 0.15) is 1.43 Å². The summed E-state index contributed by atoms with van der Waals surface area (Å²) >= 11 is 0. The zero-order valence-electron chi connectivity index (χ0n) is 5.04. The van der Waals surface area contributed by atoms with Crippen molar-refractivity contribution in [1.29, 1.82) is 0 Å². The van der Waals surface area contributed by atoms with Crippen LogP contribution in [0, 0.1) is 0 Å². The first-order chi connectivity index (χ1) is 2.94. The van der Waals surface area contributed by atoms with Crippen molar-refractivity contribution in [2.75, 3.05) is 0 Å². The topological polar surface area (TPSA) is 20.2 Å². The third-order valence-corrected chi connectivity index (χ3v) is 0.263. The van der Waals surface area contributed by atoms with Crippen LogP contribution in [0.2, 0.25) is 0 Å². The minimum Gasteiger partial charge on any atom is -1.00 e. The molecule has 0 saturated carbocycles. The van der Waals surface area contributed by atoms with Crippen molar-refractivity contribution >= 4 is 0 Å². The van der Waals surface area contributed by atoms with E-state index in [0.29, 0.717) is 0 Å². The van der Waals surface area contributed by atoms with Crippen LogP contribution >= 0.6 is 0 Å². The standard InChI is InChI=1S/C2H2F4O.Li.H/c3-1(4)2(5,6)7;;/h1,7H;;/q;+1;-1. The van der Waals surface area contributed by atoms with Gasteiger partial charge in [-0.15, -0.1) is 0 Å². The Kier molecular flexibility index (Phi) is 4.63. The third kappa shape index (κ3) is 4.44. The molecule has 0 spiro atoms. The van der Waals surface area contributed by atoms with Gasteiger partial charge < -0.3 is 6.53 Å². The average molecular weight is 126 g/mol. The van der Waals surface area contributed by atoms with Gasteiger partial charge >= 0.3 is 31.4 Å². The largest absolute Gasteiger partial charge is 1.00 e. The van der Waals surface area contributed by atoms with Gasteiger partial charge in [-0.2, -0.15) is 8.78 Å². The Balaban J connectivity index is -0.000000180. The maximum atomic E-state index is 10.7. The summed E-state index contributed by atoms with van der Waals surface area (Å²) in [6.45, 7) is 0. The molecular weight excluding hydrogens is 123 g/mol. The quantitative estimate of drug-likeness (QED) is 0.317. The van der Waals surface area contributed by atoms with E-state index in [1.165, 1.54) is 0 Å². The summed E-state index contributed by atoms with van der Waals surface area (Å²) in [4.78, 5) is 0. The molecule has 0 unspecified atom stereocenters. The molecule has 0 fully saturated rings. The van der Waals surface area contributed by atoms with Gasteiger partial charge in [0, 0.05) is 0 Å². The molecule has 8 heavy (non-hydrogen) atoms. The van der Waals surface area contributed by atoms with Crippen LogP contribution in [0.25, 0.3) is 0 Å². The molecule has 0 bridgehead atoms. The van der Waals surface area contributed by atoms with Gasteiger partial charge in [0.15, 0.2) is 0 Å². The van der Waals surface area contributed by atoms with E-state index in [0.717, 1.165) is 0 Å². The van der Waals surface area contributed by atoms with Gasteiger partial charge in [0.1, 0.15) is 0 Å². The molecule has 0 heterocycles. The van der Waals surface area contributed by atoms with Crippen molar-refractivity contribution in [2.24, 2.45) is 0 Å². The average Bonchev–Trinajstić information content (AvgIpc) is 1.31. The maximum Gasteiger partial charge on any atom is 1.00 e.